The summed E-state index contributed by atoms with van der Waals surface area (Å²) in [7, 11) is 0. The third-order valence-corrected chi connectivity index (χ3v) is 7.13. The van der Waals surface area contributed by atoms with Gasteiger partial charge in [-0.05, 0) is 103 Å². The second kappa shape index (κ2) is 13.2. The highest BCUT2D eigenvalue weighted by Crippen LogP contribution is 2.34. The molecule has 1 unspecified atom stereocenters. The van der Waals surface area contributed by atoms with Crippen LogP contribution in [0, 0.1) is 20.8 Å². The number of hydrogen-bond acceptors (Lipinski definition) is 3. The minimum absolute atomic E-state index is 0.126. The summed E-state index contributed by atoms with van der Waals surface area (Å²) in [4.78, 5) is 0. The fourth-order valence-corrected chi connectivity index (χ4v) is 5.39. The van der Waals surface area contributed by atoms with Gasteiger partial charge < -0.3 is 14.6 Å². The first-order chi connectivity index (χ1) is 18.4. The Morgan fingerprint density at radius 3 is 2.21 bits per heavy atom. The van der Waals surface area contributed by atoms with Crippen molar-refractivity contribution in [2.24, 2.45) is 0 Å². The van der Waals surface area contributed by atoms with E-state index in [2.05, 4.69) is 56.3 Å². The molecule has 0 aromatic heterocycles. The van der Waals surface area contributed by atoms with E-state index < -0.39 is 0 Å². The van der Waals surface area contributed by atoms with Gasteiger partial charge in [0.15, 0.2) is 5.75 Å². The Hall–Kier alpha value is -2.98. The molecule has 3 nitrogen and oxygen atoms in total. The maximum atomic E-state index is 9.41. The average molecular weight is 549 g/mol. The van der Waals surface area contributed by atoms with Crippen LogP contribution in [0.15, 0.2) is 78.9 Å². The average Bonchev–Trinajstić information content (AvgIpc) is 2.89. The predicted octanol–water partition coefficient (Wildman–Crippen LogP) is 8.43. The van der Waals surface area contributed by atoms with Crippen LogP contribution in [-0.4, -0.2) is 24.9 Å². The van der Waals surface area contributed by atoms with Gasteiger partial charge in [-0.1, -0.05) is 77.8 Å². The molecule has 1 atom stereocenters. The zero-order valence-electron chi connectivity index (χ0n) is 21.8. The van der Waals surface area contributed by atoms with Crippen molar-refractivity contribution in [2.45, 2.75) is 32.6 Å². The van der Waals surface area contributed by atoms with Crippen LogP contribution in [0.3, 0.4) is 0 Å². The minimum Gasteiger partial charge on any atom is -0.490 e. The highest BCUT2D eigenvalue weighted by Gasteiger charge is 2.13. The maximum absolute atomic E-state index is 9.41. The van der Waals surface area contributed by atoms with Gasteiger partial charge in [-0.3, -0.25) is 0 Å². The van der Waals surface area contributed by atoms with Crippen molar-refractivity contribution in [1.29, 1.82) is 0 Å². The van der Waals surface area contributed by atoms with Gasteiger partial charge in [0.25, 0.3) is 0 Å². The monoisotopic (exact) mass is 547 g/mol. The van der Waals surface area contributed by atoms with E-state index in [0.717, 1.165) is 23.3 Å². The molecule has 1 N–H and O–H groups in total. The van der Waals surface area contributed by atoms with Crippen molar-refractivity contribution in [3.63, 3.8) is 0 Å². The topological polar surface area (TPSA) is 38.7 Å². The Balaban J connectivity index is 1.32. The molecule has 1 radical (unpaired) electrons. The Kier molecular flexibility index (Phi) is 9.74. The summed E-state index contributed by atoms with van der Waals surface area (Å²) in [6, 6.07) is 26.6. The van der Waals surface area contributed by atoms with Gasteiger partial charge in [0, 0.05) is 6.61 Å². The van der Waals surface area contributed by atoms with Crippen molar-refractivity contribution < 1.29 is 14.6 Å². The Morgan fingerprint density at radius 2 is 1.53 bits per heavy atom. The lowest BCUT2D eigenvalue weighted by Gasteiger charge is -2.17. The van der Waals surface area contributed by atoms with E-state index >= 15 is 0 Å². The summed E-state index contributed by atoms with van der Waals surface area (Å²) in [5.41, 5.74) is 8.13. The predicted molar refractivity (Wildman–Crippen MR) is 158 cm³/mol. The van der Waals surface area contributed by atoms with Crippen LogP contribution in [0.5, 0.6) is 11.5 Å². The first-order valence-electron chi connectivity index (χ1n) is 12.8. The van der Waals surface area contributed by atoms with Gasteiger partial charge in [-0.2, -0.15) is 0 Å². The van der Waals surface area contributed by atoms with Crippen LogP contribution in [0.2, 0.25) is 10.0 Å². The molecule has 4 aromatic carbocycles. The number of rotatable bonds is 11. The number of hydrogen-bond donors (Lipinski definition) is 1. The van der Waals surface area contributed by atoms with E-state index in [9.17, 15) is 5.11 Å². The fraction of sp³-hybridized carbons (Fsp3) is 0.242. The molecule has 0 aliphatic rings. The molecule has 5 heteroatoms. The Labute approximate surface area is 236 Å². The molecule has 197 valence electrons. The summed E-state index contributed by atoms with van der Waals surface area (Å²) in [6.45, 7) is 9.38. The largest absolute Gasteiger partial charge is 0.490 e. The van der Waals surface area contributed by atoms with Gasteiger partial charge in [-0.15, -0.1) is 0 Å². The maximum Gasteiger partial charge on any atom is 0.156 e. The molecule has 0 saturated carbocycles. The second-order valence-electron chi connectivity index (χ2n) is 9.50. The van der Waals surface area contributed by atoms with E-state index in [1.54, 1.807) is 0 Å². The minimum atomic E-state index is 0.126. The molecular weight excluding hydrogens is 515 g/mol. The van der Waals surface area contributed by atoms with Crippen LogP contribution in [0.1, 0.15) is 33.7 Å². The molecule has 0 spiro atoms. The standard InChI is InChI=1S/C33H33Cl2O3/c1-22-18-31(34)33(32(35)19-22)38-17-16-37-28-11-8-25(9-12-28)20-23(2)29-13-10-27(21-24(29)3)30-7-5-4-6-26(30)14-15-36/h4-13,18-19,21,23,36H,2,14-17,20H2,1,3H3. The molecular formula is C33H33Cl2O3. The smallest absolute Gasteiger partial charge is 0.156 e. The van der Waals surface area contributed by atoms with E-state index in [4.69, 9.17) is 32.7 Å². The Morgan fingerprint density at radius 1 is 0.842 bits per heavy atom. The number of aliphatic hydroxyl groups is 1. The summed E-state index contributed by atoms with van der Waals surface area (Å²) in [5.74, 6) is 1.39. The highest BCUT2D eigenvalue weighted by molar-refractivity contribution is 6.37. The number of ether oxygens (including phenoxy) is 2. The van der Waals surface area contributed by atoms with E-state index in [1.165, 1.54) is 27.8 Å². The van der Waals surface area contributed by atoms with Crippen LogP contribution < -0.4 is 9.47 Å². The van der Waals surface area contributed by atoms with Gasteiger partial charge in [0.1, 0.15) is 19.0 Å². The quantitative estimate of drug-likeness (QED) is 0.191. The molecule has 0 amide bonds. The molecule has 0 aliphatic heterocycles. The molecule has 0 fully saturated rings. The van der Waals surface area contributed by atoms with Crippen molar-refractivity contribution in [3.05, 3.63) is 124 Å². The third kappa shape index (κ3) is 7.11. The zero-order chi connectivity index (χ0) is 27.1. The van der Waals surface area contributed by atoms with Gasteiger partial charge >= 0.3 is 0 Å². The van der Waals surface area contributed by atoms with Crippen LogP contribution in [0.25, 0.3) is 11.1 Å². The first kappa shape index (κ1) is 28.0. The van der Waals surface area contributed by atoms with E-state index in [1.807, 2.05) is 43.3 Å². The van der Waals surface area contributed by atoms with Crippen molar-refractivity contribution in [2.75, 3.05) is 19.8 Å². The molecule has 0 saturated heterocycles. The van der Waals surface area contributed by atoms with Gasteiger partial charge in [0.05, 0.1) is 10.0 Å². The van der Waals surface area contributed by atoms with Crippen molar-refractivity contribution in [1.82, 2.24) is 0 Å². The van der Waals surface area contributed by atoms with Gasteiger partial charge in [-0.25, -0.2) is 0 Å². The number of aliphatic hydroxyl groups excluding tert-OH is 1. The SMILES string of the molecule is [CH2]C(Cc1ccc(OCCOc2c(Cl)cc(C)cc2Cl)cc1)c1ccc(-c2ccccc2CCO)cc1C. The zero-order valence-corrected chi connectivity index (χ0v) is 23.4. The second-order valence-corrected chi connectivity index (χ2v) is 10.3. The lowest BCUT2D eigenvalue weighted by atomic mass is 9.88. The summed E-state index contributed by atoms with van der Waals surface area (Å²) < 4.78 is 11.6. The normalized spacial score (nSPS) is 11.8. The van der Waals surface area contributed by atoms with Crippen LogP contribution in [-0.2, 0) is 12.8 Å². The molecule has 0 heterocycles. The fourth-order valence-electron chi connectivity index (χ4n) is 4.69. The van der Waals surface area contributed by atoms with E-state index in [-0.39, 0.29) is 12.5 Å². The van der Waals surface area contributed by atoms with Crippen LogP contribution in [0.4, 0.5) is 0 Å². The Bertz CT molecular complexity index is 1340. The molecule has 0 aliphatic carbocycles. The van der Waals surface area contributed by atoms with Crippen molar-refractivity contribution in [3.8, 4) is 22.6 Å². The summed E-state index contributed by atoms with van der Waals surface area (Å²) in [5, 5.41) is 10.4. The first-order valence-corrected chi connectivity index (χ1v) is 13.5. The van der Waals surface area contributed by atoms with Crippen molar-refractivity contribution >= 4 is 23.2 Å². The summed E-state index contributed by atoms with van der Waals surface area (Å²) >= 11 is 12.5. The number of aryl methyl sites for hydroxylation is 2. The summed E-state index contributed by atoms with van der Waals surface area (Å²) in [6.07, 6.45) is 1.48. The van der Waals surface area contributed by atoms with E-state index in [0.29, 0.717) is 35.4 Å². The van der Waals surface area contributed by atoms with Gasteiger partial charge in [0.2, 0.25) is 0 Å². The lowest BCUT2D eigenvalue weighted by Crippen LogP contribution is -2.09. The molecule has 38 heavy (non-hydrogen) atoms. The highest BCUT2D eigenvalue weighted by atomic mass is 35.5. The number of halogens is 2. The van der Waals surface area contributed by atoms with Crippen LogP contribution >= 0.6 is 23.2 Å². The number of benzene rings is 4. The molecule has 4 rings (SSSR count). The third-order valence-electron chi connectivity index (χ3n) is 6.57. The molecule has 4 aromatic rings. The molecule has 0 bridgehead atoms. The lowest BCUT2D eigenvalue weighted by molar-refractivity contribution is 0.217.